The van der Waals surface area contributed by atoms with Crippen LogP contribution in [0.5, 0.6) is 0 Å². The minimum absolute atomic E-state index is 0.198. The third kappa shape index (κ3) is 4.18. The molecule has 3 heterocycles. The molecule has 1 N–H and O–H groups in total. The highest BCUT2D eigenvalue weighted by atomic mass is 35.5. The largest absolute Gasteiger partial charge is 0.375 e. The molecule has 3 aromatic heterocycles. The highest BCUT2D eigenvalue weighted by Gasteiger charge is 2.19. The van der Waals surface area contributed by atoms with Gasteiger partial charge in [0, 0.05) is 50.6 Å². The van der Waals surface area contributed by atoms with Gasteiger partial charge in [0.2, 0.25) is 5.28 Å². The maximum Gasteiger partial charge on any atom is 0.224 e. The van der Waals surface area contributed by atoms with Crippen molar-refractivity contribution in [3.63, 3.8) is 0 Å². The van der Waals surface area contributed by atoms with Crippen LogP contribution < -0.4 is 0 Å². The topological polar surface area (TPSA) is 68.6 Å². The van der Waals surface area contributed by atoms with Crippen molar-refractivity contribution in [2.45, 2.75) is 32.3 Å². The number of H-pyrrole nitrogens is 1. The first-order chi connectivity index (χ1) is 13.7. The summed E-state index contributed by atoms with van der Waals surface area (Å²) in [5.74, 6) is 0. The Hall–Kier alpha value is -1.93. The van der Waals surface area contributed by atoms with E-state index in [1.807, 2.05) is 31.6 Å². The number of aryl methyl sites for hydroxylation is 1. The van der Waals surface area contributed by atoms with Crippen molar-refractivity contribution < 1.29 is 4.74 Å². The zero-order chi connectivity index (χ0) is 20.8. The molecule has 0 bridgehead atoms. The Bertz CT molecular complexity index is 1200. The monoisotopic (exact) mass is 447 g/mol. The van der Waals surface area contributed by atoms with E-state index < -0.39 is 8.07 Å². The molecule has 4 rings (SSSR count). The van der Waals surface area contributed by atoms with Gasteiger partial charge in [0.05, 0.1) is 28.2 Å². The lowest BCUT2D eigenvalue weighted by Gasteiger charge is -2.15. The SMILES string of the molecule is Cn1cc2c(Cl)c(-c3c[nH]c4nc(Cl)nc(COCC[Si](C)(C)C)c34)ccc2n1. The van der Waals surface area contributed by atoms with Crippen molar-refractivity contribution in [1.29, 1.82) is 0 Å². The van der Waals surface area contributed by atoms with Crippen molar-refractivity contribution in [1.82, 2.24) is 24.7 Å². The molecule has 4 aromatic rings. The minimum atomic E-state index is -1.16. The number of hydrogen-bond acceptors (Lipinski definition) is 4. The number of rotatable bonds is 6. The molecule has 0 amide bonds. The van der Waals surface area contributed by atoms with E-state index in [2.05, 4.69) is 39.7 Å². The lowest BCUT2D eigenvalue weighted by Crippen LogP contribution is -2.21. The fourth-order valence-electron chi connectivity index (χ4n) is 3.33. The Balaban J connectivity index is 1.75. The molecule has 1 aromatic carbocycles. The minimum Gasteiger partial charge on any atom is -0.375 e. The first-order valence-electron chi connectivity index (χ1n) is 9.46. The van der Waals surface area contributed by atoms with Gasteiger partial charge in [0.1, 0.15) is 5.65 Å². The third-order valence-corrected chi connectivity index (χ3v) is 7.12. The molecule has 0 radical (unpaired) electrons. The summed E-state index contributed by atoms with van der Waals surface area (Å²) in [4.78, 5) is 12.0. The number of hydrogen-bond donors (Lipinski definition) is 1. The fraction of sp³-hybridized carbons (Fsp3) is 0.350. The molecule has 0 unspecified atom stereocenters. The smallest absolute Gasteiger partial charge is 0.224 e. The van der Waals surface area contributed by atoms with Gasteiger partial charge < -0.3 is 9.72 Å². The summed E-state index contributed by atoms with van der Waals surface area (Å²) < 4.78 is 7.71. The Morgan fingerprint density at radius 3 is 2.69 bits per heavy atom. The van der Waals surface area contributed by atoms with Gasteiger partial charge in [-0.1, -0.05) is 37.3 Å². The number of fused-ring (bicyclic) bond motifs is 2. The second-order valence-electron chi connectivity index (χ2n) is 8.39. The van der Waals surface area contributed by atoms with Crippen LogP contribution in [0.3, 0.4) is 0 Å². The first-order valence-corrected chi connectivity index (χ1v) is 13.9. The van der Waals surface area contributed by atoms with Crippen LogP contribution in [-0.4, -0.2) is 39.4 Å². The number of nitrogens with zero attached hydrogens (tertiary/aromatic N) is 4. The zero-order valence-electron chi connectivity index (χ0n) is 16.9. The summed E-state index contributed by atoms with van der Waals surface area (Å²) in [6.45, 7) is 8.08. The van der Waals surface area contributed by atoms with Gasteiger partial charge in [0.15, 0.2) is 0 Å². The molecule has 152 valence electrons. The number of nitrogens with one attached hydrogen (secondary N) is 1. The average molecular weight is 448 g/mol. The molecule has 6 nitrogen and oxygen atoms in total. The van der Waals surface area contributed by atoms with Crippen molar-refractivity contribution in [2.75, 3.05) is 6.61 Å². The second kappa shape index (κ2) is 7.72. The number of halogens is 2. The van der Waals surface area contributed by atoms with Gasteiger partial charge in [-0.15, -0.1) is 0 Å². The van der Waals surface area contributed by atoms with Crippen molar-refractivity contribution in [2.24, 2.45) is 7.05 Å². The van der Waals surface area contributed by atoms with Crippen LogP contribution in [-0.2, 0) is 18.4 Å². The van der Waals surface area contributed by atoms with Gasteiger partial charge in [-0.3, -0.25) is 4.68 Å². The van der Waals surface area contributed by atoms with Gasteiger partial charge in [-0.05, 0) is 23.7 Å². The first kappa shape index (κ1) is 20.3. The Labute approximate surface area is 180 Å². The lowest BCUT2D eigenvalue weighted by atomic mass is 10.0. The molecule has 0 aliphatic heterocycles. The van der Waals surface area contributed by atoms with E-state index in [1.165, 1.54) is 0 Å². The maximum absolute atomic E-state index is 6.75. The van der Waals surface area contributed by atoms with Crippen molar-refractivity contribution in [3.05, 3.63) is 40.5 Å². The molecule has 0 fully saturated rings. The standard InChI is InChI=1S/C20H23Cl2N5OSi/c1-27-10-14-15(26-27)6-5-12(18(14)21)13-9-23-19-17(13)16(24-20(22)25-19)11-28-7-8-29(2,3)4/h5-6,9-10H,7-8,11H2,1-4H3,(H,23,24,25). The van der Waals surface area contributed by atoms with Crippen LogP contribution in [0.25, 0.3) is 33.1 Å². The quantitative estimate of drug-likeness (QED) is 0.234. The fourth-order valence-corrected chi connectivity index (χ4v) is 4.58. The summed E-state index contributed by atoms with van der Waals surface area (Å²) in [6.07, 6.45) is 3.81. The zero-order valence-corrected chi connectivity index (χ0v) is 19.4. The predicted molar refractivity (Wildman–Crippen MR) is 121 cm³/mol. The summed E-state index contributed by atoms with van der Waals surface area (Å²) >= 11 is 12.9. The highest BCUT2D eigenvalue weighted by molar-refractivity contribution is 6.76. The highest BCUT2D eigenvalue weighted by Crippen LogP contribution is 2.38. The van der Waals surface area contributed by atoms with Crippen molar-refractivity contribution in [3.8, 4) is 11.1 Å². The van der Waals surface area contributed by atoms with Gasteiger partial charge in [-0.2, -0.15) is 10.1 Å². The lowest BCUT2D eigenvalue weighted by molar-refractivity contribution is 0.131. The van der Waals surface area contributed by atoms with Gasteiger partial charge in [0.25, 0.3) is 0 Å². The molecule has 0 atom stereocenters. The summed E-state index contributed by atoms with van der Waals surface area (Å²) in [5.41, 5.74) is 4.11. The maximum atomic E-state index is 6.75. The van der Waals surface area contributed by atoms with Gasteiger partial charge >= 0.3 is 0 Å². The molecular formula is C20H23Cl2N5OSi. The Kier molecular flexibility index (Phi) is 5.41. The summed E-state index contributed by atoms with van der Waals surface area (Å²) in [7, 11) is 0.725. The Morgan fingerprint density at radius 2 is 1.93 bits per heavy atom. The second-order valence-corrected chi connectivity index (χ2v) is 14.7. The van der Waals surface area contributed by atoms with E-state index in [4.69, 9.17) is 27.9 Å². The van der Waals surface area contributed by atoms with E-state index in [9.17, 15) is 0 Å². The van der Waals surface area contributed by atoms with E-state index in [0.29, 0.717) is 23.9 Å². The van der Waals surface area contributed by atoms with Crippen molar-refractivity contribution >= 4 is 53.2 Å². The average Bonchev–Trinajstić information content (AvgIpc) is 3.21. The molecule has 0 saturated heterocycles. The van der Waals surface area contributed by atoms with E-state index in [-0.39, 0.29) is 5.28 Å². The Morgan fingerprint density at radius 1 is 1.14 bits per heavy atom. The predicted octanol–water partition coefficient (Wildman–Crippen LogP) is 5.67. The van der Waals surface area contributed by atoms with Crippen LogP contribution in [0.15, 0.2) is 24.5 Å². The molecule has 0 aliphatic carbocycles. The number of aromatic amines is 1. The number of aromatic nitrogens is 5. The number of ether oxygens (including phenoxy) is 1. The van der Waals surface area contributed by atoms with Crippen LogP contribution in [0.1, 0.15) is 5.69 Å². The molecule has 29 heavy (non-hydrogen) atoms. The molecule has 0 spiro atoms. The normalized spacial score (nSPS) is 12.3. The van der Waals surface area contributed by atoms with Crippen LogP contribution >= 0.6 is 23.2 Å². The van der Waals surface area contributed by atoms with Crippen LogP contribution in [0.2, 0.25) is 36.0 Å². The molecular weight excluding hydrogens is 425 g/mol. The molecule has 0 saturated carbocycles. The van der Waals surface area contributed by atoms with E-state index >= 15 is 0 Å². The van der Waals surface area contributed by atoms with Crippen LogP contribution in [0.4, 0.5) is 0 Å². The molecule has 9 heteroatoms. The summed E-state index contributed by atoms with van der Waals surface area (Å²) in [5, 5.41) is 7.06. The molecule has 0 aliphatic rings. The third-order valence-electron chi connectivity index (χ3n) is 4.84. The van der Waals surface area contributed by atoms with E-state index in [0.717, 1.165) is 39.2 Å². The summed E-state index contributed by atoms with van der Waals surface area (Å²) in [6, 6.07) is 5.04. The van der Waals surface area contributed by atoms with Gasteiger partial charge in [-0.25, -0.2) is 4.98 Å². The van der Waals surface area contributed by atoms with E-state index in [1.54, 1.807) is 4.68 Å². The van der Waals surface area contributed by atoms with Crippen LogP contribution in [0, 0.1) is 0 Å². The number of benzene rings is 1.